The summed E-state index contributed by atoms with van der Waals surface area (Å²) in [5.41, 5.74) is 2.41. The normalized spacial score (nSPS) is 12.3. The van der Waals surface area contributed by atoms with E-state index in [1.165, 1.54) is 12.1 Å². The largest absolute Gasteiger partial charge is 0.389 e. The number of nitrogens with zero attached hydrogens (tertiary/aromatic N) is 1. The lowest BCUT2D eigenvalue weighted by atomic mass is 10.1. The van der Waals surface area contributed by atoms with Gasteiger partial charge in [-0.05, 0) is 48.9 Å². The van der Waals surface area contributed by atoms with Crippen molar-refractivity contribution in [2.24, 2.45) is 0 Å². The third-order valence-electron chi connectivity index (χ3n) is 3.03. The van der Waals surface area contributed by atoms with Crippen LogP contribution in [0.1, 0.15) is 18.6 Å². The molecule has 1 unspecified atom stereocenters. The first-order chi connectivity index (χ1) is 8.99. The fraction of sp³-hybridized carbons (Fsp3) is 0.200. The Morgan fingerprint density at radius 1 is 1.16 bits per heavy atom. The molecule has 0 aromatic heterocycles. The zero-order chi connectivity index (χ0) is 14.0. The van der Waals surface area contributed by atoms with Crippen molar-refractivity contribution >= 4 is 23.0 Å². The molecule has 1 N–H and O–H groups in total. The molecule has 2 rings (SSSR count). The predicted molar refractivity (Wildman–Crippen MR) is 76.5 cm³/mol. The van der Waals surface area contributed by atoms with Gasteiger partial charge in [0.05, 0.1) is 16.8 Å². The van der Waals surface area contributed by atoms with E-state index in [1.54, 1.807) is 25.1 Å². The van der Waals surface area contributed by atoms with Crippen molar-refractivity contribution in [2.75, 3.05) is 11.9 Å². The number of hydrogen-bond donors (Lipinski definition) is 1. The summed E-state index contributed by atoms with van der Waals surface area (Å²) in [7, 11) is 1.86. The van der Waals surface area contributed by atoms with Crippen LogP contribution in [0.25, 0.3) is 0 Å². The van der Waals surface area contributed by atoms with Crippen LogP contribution in [0.2, 0.25) is 5.02 Å². The summed E-state index contributed by atoms with van der Waals surface area (Å²) < 4.78 is 12.9. The first-order valence-corrected chi connectivity index (χ1v) is 6.33. The standard InChI is InChI=1S/C15H15ClFNO/c1-10(19)11-3-8-15(14(16)9-11)18(2)13-6-4-12(17)5-7-13/h3-10,19H,1-2H3. The third kappa shape index (κ3) is 3.06. The molecule has 0 fully saturated rings. The Morgan fingerprint density at radius 3 is 2.32 bits per heavy atom. The fourth-order valence-corrected chi connectivity index (χ4v) is 2.17. The van der Waals surface area contributed by atoms with E-state index >= 15 is 0 Å². The second kappa shape index (κ2) is 5.59. The van der Waals surface area contributed by atoms with E-state index in [2.05, 4.69) is 0 Å². The molecule has 100 valence electrons. The second-order valence-corrected chi connectivity index (χ2v) is 4.83. The summed E-state index contributed by atoms with van der Waals surface area (Å²) in [5.74, 6) is -0.271. The highest BCUT2D eigenvalue weighted by atomic mass is 35.5. The molecule has 0 saturated carbocycles. The number of anilines is 2. The first-order valence-electron chi connectivity index (χ1n) is 5.96. The van der Waals surface area contributed by atoms with Gasteiger partial charge in [0.15, 0.2) is 0 Å². The quantitative estimate of drug-likeness (QED) is 0.905. The van der Waals surface area contributed by atoms with Gasteiger partial charge in [-0.15, -0.1) is 0 Å². The molecule has 0 aliphatic carbocycles. The van der Waals surface area contributed by atoms with Gasteiger partial charge in [-0.2, -0.15) is 0 Å². The molecule has 1 atom stereocenters. The van der Waals surface area contributed by atoms with Gasteiger partial charge in [-0.25, -0.2) is 4.39 Å². The maximum atomic E-state index is 12.9. The molecule has 0 bridgehead atoms. The van der Waals surface area contributed by atoms with Gasteiger partial charge < -0.3 is 10.0 Å². The van der Waals surface area contributed by atoms with Crippen molar-refractivity contribution in [3.05, 3.63) is 58.9 Å². The number of aliphatic hydroxyl groups is 1. The topological polar surface area (TPSA) is 23.5 Å². The summed E-state index contributed by atoms with van der Waals surface area (Å²) in [6.07, 6.45) is -0.553. The van der Waals surface area contributed by atoms with Gasteiger partial charge in [0, 0.05) is 12.7 Å². The maximum Gasteiger partial charge on any atom is 0.123 e. The Morgan fingerprint density at radius 2 is 1.79 bits per heavy atom. The molecule has 2 aromatic carbocycles. The van der Waals surface area contributed by atoms with E-state index in [1.807, 2.05) is 24.1 Å². The molecular weight excluding hydrogens is 265 g/mol. The molecule has 0 heterocycles. The monoisotopic (exact) mass is 279 g/mol. The van der Waals surface area contributed by atoms with Crippen LogP contribution < -0.4 is 4.90 Å². The minimum Gasteiger partial charge on any atom is -0.389 e. The van der Waals surface area contributed by atoms with Crippen molar-refractivity contribution in [3.63, 3.8) is 0 Å². The fourth-order valence-electron chi connectivity index (χ4n) is 1.86. The molecule has 0 radical (unpaired) electrons. The van der Waals surface area contributed by atoms with E-state index in [4.69, 9.17) is 11.6 Å². The highest BCUT2D eigenvalue weighted by Crippen LogP contribution is 2.32. The zero-order valence-electron chi connectivity index (χ0n) is 10.8. The number of aliphatic hydroxyl groups excluding tert-OH is 1. The molecule has 2 nitrogen and oxygen atoms in total. The van der Waals surface area contributed by atoms with Gasteiger partial charge in [0.25, 0.3) is 0 Å². The van der Waals surface area contributed by atoms with Gasteiger partial charge in [-0.3, -0.25) is 0 Å². The molecule has 4 heteroatoms. The molecule has 0 aliphatic rings. The van der Waals surface area contributed by atoms with E-state index in [0.717, 1.165) is 16.9 Å². The Hall–Kier alpha value is -1.58. The molecule has 0 spiro atoms. The van der Waals surface area contributed by atoms with Gasteiger partial charge in [-0.1, -0.05) is 17.7 Å². The highest BCUT2D eigenvalue weighted by molar-refractivity contribution is 6.33. The SMILES string of the molecule is CC(O)c1ccc(N(C)c2ccc(F)cc2)c(Cl)c1. The Kier molecular flexibility index (Phi) is 4.08. The number of benzene rings is 2. The molecule has 0 amide bonds. The highest BCUT2D eigenvalue weighted by Gasteiger charge is 2.10. The van der Waals surface area contributed by atoms with Crippen molar-refractivity contribution in [1.82, 2.24) is 0 Å². The van der Waals surface area contributed by atoms with Gasteiger partial charge in [0.2, 0.25) is 0 Å². The van der Waals surface area contributed by atoms with Crippen LogP contribution in [0.4, 0.5) is 15.8 Å². The minimum atomic E-state index is -0.553. The van der Waals surface area contributed by atoms with Crippen molar-refractivity contribution in [2.45, 2.75) is 13.0 Å². The van der Waals surface area contributed by atoms with Crippen LogP contribution in [0.15, 0.2) is 42.5 Å². The Bertz CT molecular complexity index is 569. The summed E-state index contributed by atoms with van der Waals surface area (Å²) in [4.78, 5) is 1.87. The van der Waals surface area contributed by atoms with Crippen LogP contribution in [0.5, 0.6) is 0 Å². The third-order valence-corrected chi connectivity index (χ3v) is 3.33. The van der Waals surface area contributed by atoms with Crippen LogP contribution >= 0.6 is 11.6 Å². The Balaban J connectivity index is 2.33. The lowest BCUT2D eigenvalue weighted by Gasteiger charge is -2.21. The van der Waals surface area contributed by atoms with Gasteiger partial charge in [0.1, 0.15) is 5.82 Å². The lowest BCUT2D eigenvalue weighted by Crippen LogP contribution is -2.10. The lowest BCUT2D eigenvalue weighted by molar-refractivity contribution is 0.199. The second-order valence-electron chi connectivity index (χ2n) is 4.42. The van der Waals surface area contributed by atoms with Crippen LogP contribution in [0.3, 0.4) is 0 Å². The average molecular weight is 280 g/mol. The summed E-state index contributed by atoms with van der Waals surface area (Å²) in [6.45, 7) is 1.69. The van der Waals surface area contributed by atoms with Crippen molar-refractivity contribution in [1.29, 1.82) is 0 Å². The molecule has 19 heavy (non-hydrogen) atoms. The summed E-state index contributed by atoms with van der Waals surface area (Å²) in [6, 6.07) is 11.6. The maximum absolute atomic E-state index is 12.9. The molecule has 0 saturated heterocycles. The van der Waals surface area contributed by atoms with Crippen LogP contribution in [0, 0.1) is 5.82 Å². The van der Waals surface area contributed by atoms with Crippen LogP contribution in [-0.2, 0) is 0 Å². The smallest absolute Gasteiger partial charge is 0.123 e. The first kappa shape index (κ1) is 13.8. The van der Waals surface area contributed by atoms with E-state index in [9.17, 15) is 9.50 Å². The van der Waals surface area contributed by atoms with Crippen molar-refractivity contribution < 1.29 is 9.50 Å². The number of halogens is 2. The van der Waals surface area contributed by atoms with Gasteiger partial charge >= 0.3 is 0 Å². The average Bonchev–Trinajstić information content (AvgIpc) is 2.38. The summed E-state index contributed by atoms with van der Waals surface area (Å²) >= 11 is 6.22. The van der Waals surface area contributed by atoms with E-state index in [0.29, 0.717) is 5.02 Å². The van der Waals surface area contributed by atoms with Crippen molar-refractivity contribution in [3.8, 4) is 0 Å². The van der Waals surface area contributed by atoms with E-state index in [-0.39, 0.29) is 5.82 Å². The number of rotatable bonds is 3. The Labute approximate surface area is 117 Å². The molecule has 0 aliphatic heterocycles. The van der Waals surface area contributed by atoms with Crippen LogP contribution in [-0.4, -0.2) is 12.2 Å². The zero-order valence-corrected chi connectivity index (χ0v) is 11.5. The number of hydrogen-bond acceptors (Lipinski definition) is 2. The predicted octanol–water partition coefficient (Wildman–Crippen LogP) is 4.30. The minimum absolute atomic E-state index is 0.271. The summed E-state index contributed by atoms with van der Waals surface area (Å²) in [5, 5.41) is 10.1. The molecule has 2 aromatic rings. The molecular formula is C15H15ClFNO. The van der Waals surface area contributed by atoms with E-state index < -0.39 is 6.10 Å².